The van der Waals surface area contributed by atoms with Gasteiger partial charge in [0.05, 0.1) is 11.9 Å². The van der Waals surface area contributed by atoms with Crippen LogP contribution in [-0.4, -0.2) is 65.2 Å². The summed E-state index contributed by atoms with van der Waals surface area (Å²) in [6.07, 6.45) is -0.517. The molecular weight excluding hydrogens is 481 g/mol. The van der Waals surface area contributed by atoms with Gasteiger partial charge in [0.1, 0.15) is 6.54 Å². The first-order valence-electron chi connectivity index (χ1n) is 11.5. The molecular formula is C22H27F3N8O3. The number of halogens is 3. The van der Waals surface area contributed by atoms with E-state index in [4.69, 9.17) is 15.9 Å². The van der Waals surface area contributed by atoms with Gasteiger partial charge in [0.15, 0.2) is 23.3 Å². The van der Waals surface area contributed by atoms with E-state index in [1.807, 2.05) is 5.32 Å². The molecule has 0 atom stereocenters. The van der Waals surface area contributed by atoms with Gasteiger partial charge < -0.3 is 31.3 Å². The lowest BCUT2D eigenvalue weighted by Crippen LogP contribution is -2.39. The predicted octanol–water partition coefficient (Wildman–Crippen LogP) is 1.89. The molecule has 1 amide bonds. The summed E-state index contributed by atoms with van der Waals surface area (Å²) in [5.41, 5.74) is 5.16. The van der Waals surface area contributed by atoms with Crippen molar-refractivity contribution in [3.05, 3.63) is 40.4 Å². The number of nitrogens with two attached hydrogens (primary N) is 1. The third kappa shape index (κ3) is 6.24. The molecule has 194 valence electrons. The first-order chi connectivity index (χ1) is 17.1. The Hall–Kier alpha value is -3.81. The average molecular weight is 509 g/mol. The minimum absolute atomic E-state index is 0.00901. The number of anilines is 2. The normalized spacial score (nSPS) is 15.8. The second kappa shape index (κ2) is 10.4. The van der Waals surface area contributed by atoms with E-state index in [9.17, 15) is 22.8 Å². The van der Waals surface area contributed by atoms with E-state index in [0.717, 1.165) is 38.9 Å². The van der Waals surface area contributed by atoms with E-state index in [-0.39, 0.29) is 23.4 Å². The van der Waals surface area contributed by atoms with Gasteiger partial charge in [-0.15, -0.1) is 0 Å². The Morgan fingerprint density at radius 1 is 1.25 bits per heavy atom. The molecule has 0 saturated carbocycles. The van der Waals surface area contributed by atoms with E-state index in [1.54, 1.807) is 10.8 Å². The van der Waals surface area contributed by atoms with Crippen LogP contribution in [0, 0.1) is 5.41 Å². The maximum absolute atomic E-state index is 12.7. The molecule has 1 fully saturated rings. The molecule has 1 aromatic heterocycles. The molecule has 4 rings (SSSR count). The van der Waals surface area contributed by atoms with Crippen molar-refractivity contribution in [2.75, 3.05) is 38.0 Å². The molecule has 14 heteroatoms. The number of benzene rings is 1. The Kier molecular flexibility index (Phi) is 7.33. The van der Waals surface area contributed by atoms with Crippen molar-refractivity contribution in [3.63, 3.8) is 0 Å². The minimum Gasteiger partial charge on any atom is -0.450 e. The number of carbonyl (C=O) groups excluding carboxylic acids is 1. The number of aromatic nitrogens is 2. The fourth-order valence-corrected chi connectivity index (χ4v) is 4.21. The van der Waals surface area contributed by atoms with Gasteiger partial charge in [-0.1, -0.05) is 0 Å². The van der Waals surface area contributed by atoms with Crippen LogP contribution in [0.2, 0.25) is 0 Å². The minimum atomic E-state index is -4.52. The second-order valence-electron chi connectivity index (χ2n) is 8.65. The smallest absolute Gasteiger partial charge is 0.405 e. The summed E-state index contributed by atoms with van der Waals surface area (Å²) in [5, 5.41) is 14.7. The number of carbonyl (C=O) groups is 1. The molecule has 0 bridgehead atoms. The van der Waals surface area contributed by atoms with Crippen LogP contribution < -0.4 is 32.1 Å². The molecule has 0 spiro atoms. The molecule has 2 aromatic rings. The standard InChI is InChI=1S/C22H27F3N8O3/c23-22(24,25)12-29-19(34)13-2-3-16-15(10-13)30-18-17(36-16)11-33(21(35)31-18)14-4-8-32(9-5-14)7-1-6-28-20(26)27/h2-3,10-11,14H,1,4-9,12H2,(H,29,34)(H4,26,27,28)(H,30,31,35). The van der Waals surface area contributed by atoms with Crippen LogP contribution in [-0.2, 0) is 0 Å². The van der Waals surface area contributed by atoms with E-state index in [2.05, 4.69) is 20.5 Å². The molecule has 2 aliphatic rings. The van der Waals surface area contributed by atoms with Crippen LogP contribution in [0.3, 0.4) is 0 Å². The highest BCUT2D eigenvalue weighted by Crippen LogP contribution is 2.41. The number of hydrogen-bond acceptors (Lipinski definition) is 7. The number of nitrogens with zero attached hydrogens (tertiary/aromatic N) is 3. The molecule has 6 N–H and O–H groups in total. The first kappa shape index (κ1) is 25.3. The number of piperidine rings is 1. The van der Waals surface area contributed by atoms with E-state index < -0.39 is 24.3 Å². The van der Waals surface area contributed by atoms with Crippen molar-refractivity contribution < 1.29 is 22.7 Å². The Morgan fingerprint density at radius 2 is 2.00 bits per heavy atom. The van der Waals surface area contributed by atoms with Crippen molar-refractivity contribution in [1.82, 2.24) is 25.1 Å². The van der Waals surface area contributed by atoms with Gasteiger partial charge in [-0.3, -0.25) is 14.8 Å². The Labute approximate surface area is 204 Å². The van der Waals surface area contributed by atoms with Gasteiger partial charge >= 0.3 is 11.9 Å². The number of nitrogens with one attached hydrogen (secondary N) is 4. The Morgan fingerprint density at radius 3 is 2.69 bits per heavy atom. The number of guanidine groups is 1. The predicted molar refractivity (Wildman–Crippen MR) is 126 cm³/mol. The molecule has 11 nitrogen and oxygen atoms in total. The molecule has 0 unspecified atom stereocenters. The monoisotopic (exact) mass is 508 g/mol. The molecule has 1 aromatic carbocycles. The van der Waals surface area contributed by atoms with Crippen LogP contribution in [0.25, 0.3) is 0 Å². The highest BCUT2D eigenvalue weighted by Gasteiger charge is 2.29. The van der Waals surface area contributed by atoms with Crippen LogP contribution in [0.4, 0.5) is 24.7 Å². The largest absolute Gasteiger partial charge is 0.450 e. The van der Waals surface area contributed by atoms with Crippen molar-refractivity contribution in [2.45, 2.75) is 31.5 Å². The van der Waals surface area contributed by atoms with Gasteiger partial charge in [0, 0.05) is 31.2 Å². The van der Waals surface area contributed by atoms with Crippen LogP contribution in [0.1, 0.15) is 35.7 Å². The Balaban J connectivity index is 1.39. The zero-order valence-corrected chi connectivity index (χ0v) is 19.3. The summed E-state index contributed by atoms with van der Waals surface area (Å²) in [4.78, 5) is 31.2. The topological polar surface area (TPSA) is 150 Å². The summed E-state index contributed by atoms with van der Waals surface area (Å²) in [6, 6.07) is 4.15. The number of rotatable bonds is 7. The zero-order valence-electron chi connectivity index (χ0n) is 19.3. The number of fused-ring (bicyclic) bond motifs is 2. The maximum atomic E-state index is 12.7. The fraction of sp³-hybridized carbons (Fsp3) is 0.455. The van der Waals surface area contributed by atoms with Gasteiger partial charge in [-0.25, -0.2) is 4.79 Å². The van der Waals surface area contributed by atoms with Gasteiger partial charge in [-0.05, 0) is 44.0 Å². The third-order valence-electron chi connectivity index (χ3n) is 6.00. The van der Waals surface area contributed by atoms with Gasteiger partial charge in [0.25, 0.3) is 5.91 Å². The van der Waals surface area contributed by atoms with Crippen molar-refractivity contribution >= 4 is 23.4 Å². The van der Waals surface area contributed by atoms with Crippen molar-refractivity contribution in [2.24, 2.45) is 5.73 Å². The summed E-state index contributed by atoms with van der Waals surface area (Å²) in [5.74, 6) is -0.0521. The molecule has 0 aliphatic carbocycles. The second-order valence-corrected chi connectivity index (χ2v) is 8.65. The van der Waals surface area contributed by atoms with E-state index >= 15 is 0 Å². The van der Waals surface area contributed by atoms with E-state index in [1.165, 1.54) is 18.2 Å². The van der Waals surface area contributed by atoms with Crippen molar-refractivity contribution in [3.8, 4) is 11.5 Å². The van der Waals surface area contributed by atoms with Gasteiger partial charge in [-0.2, -0.15) is 18.2 Å². The lowest BCUT2D eigenvalue weighted by Gasteiger charge is -2.33. The number of alkyl halides is 3. The number of amides is 1. The molecule has 0 radical (unpaired) electrons. The number of likely N-dealkylation sites (tertiary alicyclic amines) is 1. The third-order valence-corrected chi connectivity index (χ3v) is 6.00. The number of ether oxygens (including phenoxy) is 1. The van der Waals surface area contributed by atoms with Crippen LogP contribution in [0.5, 0.6) is 11.5 Å². The van der Waals surface area contributed by atoms with Crippen LogP contribution >= 0.6 is 0 Å². The highest BCUT2D eigenvalue weighted by atomic mass is 19.4. The fourth-order valence-electron chi connectivity index (χ4n) is 4.21. The van der Waals surface area contributed by atoms with Gasteiger partial charge in [0.2, 0.25) is 0 Å². The average Bonchev–Trinajstić information content (AvgIpc) is 2.83. The highest BCUT2D eigenvalue weighted by molar-refractivity contribution is 5.96. The molecule has 36 heavy (non-hydrogen) atoms. The molecule has 2 aliphatic heterocycles. The summed E-state index contributed by atoms with van der Waals surface area (Å²) >= 11 is 0. The SMILES string of the molecule is N=C(N)NCCCN1CCC(n2cc3c(nc2=O)Nc2cc(C(=O)NCC(F)(F)F)ccc2O3)CC1. The Bertz CT molecular complexity index is 1190. The zero-order chi connectivity index (χ0) is 25.9. The lowest BCUT2D eigenvalue weighted by atomic mass is 10.0. The number of hydrogen-bond donors (Lipinski definition) is 5. The first-order valence-corrected chi connectivity index (χ1v) is 11.5. The summed E-state index contributed by atoms with van der Waals surface area (Å²) < 4.78 is 44.6. The van der Waals surface area contributed by atoms with E-state index in [0.29, 0.717) is 23.7 Å². The molecule has 1 saturated heterocycles. The van der Waals surface area contributed by atoms with Crippen LogP contribution in [0.15, 0.2) is 29.2 Å². The quantitative estimate of drug-likeness (QED) is 0.184. The lowest BCUT2D eigenvalue weighted by molar-refractivity contribution is -0.123. The summed E-state index contributed by atoms with van der Waals surface area (Å²) in [7, 11) is 0. The summed E-state index contributed by atoms with van der Waals surface area (Å²) in [6.45, 7) is 1.69. The van der Waals surface area contributed by atoms with Crippen molar-refractivity contribution in [1.29, 1.82) is 5.41 Å². The molecule has 3 heterocycles. The maximum Gasteiger partial charge on any atom is 0.405 e.